The third kappa shape index (κ3) is 5.69. The fourth-order valence-corrected chi connectivity index (χ4v) is 0.896. The lowest BCUT2D eigenvalue weighted by atomic mass is 10.3. The van der Waals surface area contributed by atoms with Crippen molar-refractivity contribution in [1.29, 1.82) is 0 Å². The molecule has 0 heterocycles. The molecule has 0 aromatic carbocycles. The Morgan fingerprint density at radius 1 is 1.67 bits per heavy atom. The molecule has 3 heteroatoms. The first-order chi connectivity index (χ1) is 4.31. The van der Waals surface area contributed by atoms with E-state index in [1.807, 2.05) is 6.26 Å². The summed E-state index contributed by atoms with van der Waals surface area (Å²) >= 11 is 1.75. The number of esters is 1. The predicted octanol–water partition coefficient (Wildman–Crippen LogP) is 1.30. The maximum absolute atomic E-state index is 10.5. The van der Waals surface area contributed by atoms with Crippen LogP contribution in [0.5, 0.6) is 0 Å². The van der Waals surface area contributed by atoms with E-state index in [1.54, 1.807) is 11.8 Å². The van der Waals surface area contributed by atoms with Crippen molar-refractivity contribution < 1.29 is 9.53 Å². The Morgan fingerprint density at radius 3 is 2.78 bits per heavy atom. The number of carbonyl (C=O) groups is 1. The normalized spacial score (nSPS) is 9.11. The van der Waals surface area contributed by atoms with Crippen molar-refractivity contribution in [2.75, 3.05) is 19.1 Å². The Bertz CT molecular complexity index is 83.1. The summed E-state index contributed by atoms with van der Waals surface area (Å²) in [6.45, 7) is 0. The van der Waals surface area contributed by atoms with Crippen molar-refractivity contribution in [2.45, 2.75) is 12.8 Å². The molecular weight excluding hydrogens is 136 g/mol. The lowest BCUT2D eigenvalue weighted by Gasteiger charge is -1.95. The van der Waals surface area contributed by atoms with Crippen molar-refractivity contribution in [3.63, 3.8) is 0 Å². The largest absolute Gasteiger partial charge is 0.469 e. The maximum Gasteiger partial charge on any atom is 0.305 e. The zero-order valence-electron chi connectivity index (χ0n) is 5.85. The summed E-state index contributed by atoms with van der Waals surface area (Å²) in [7, 11) is 1.42. The van der Waals surface area contributed by atoms with E-state index in [2.05, 4.69) is 4.74 Å². The van der Waals surface area contributed by atoms with Gasteiger partial charge in [0.2, 0.25) is 0 Å². The molecule has 0 aliphatic rings. The van der Waals surface area contributed by atoms with Gasteiger partial charge in [0, 0.05) is 6.42 Å². The number of hydrogen-bond donors (Lipinski definition) is 0. The van der Waals surface area contributed by atoms with Gasteiger partial charge in [-0.15, -0.1) is 0 Å². The number of methoxy groups -OCH3 is 1. The molecule has 0 saturated carbocycles. The Balaban J connectivity index is 2.97. The molecule has 0 rings (SSSR count). The summed E-state index contributed by atoms with van der Waals surface area (Å²) in [6, 6.07) is 0. The van der Waals surface area contributed by atoms with Crippen LogP contribution in [0.4, 0.5) is 0 Å². The van der Waals surface area contributed by atoms with Crippen molar-refractivity contribution in [3.8, 4) is 0 Å². The zero-order valence-corrected chi connectivity index (χ0v) is 6.66. The van der Waals surface area contributed by atoms with Crippen LogP contribution in [-0.4, -0.2) is 25.1 Å². The number of rotatable bonds is 4. The predicted molar refractivity (Wildman–Crippen MR) is 39.6 cm³/mol. The summed E-state index contributed by atoms with van der Waals surface area (Å²) in [5.41, 5.74) is 0. The molecule has 0 atom stereocenters. The average Bonchev–Trinajstić information content (AvgIpc) is 1.89. The summed E-state index contributed by atoms with van der Waals surface area (Å²) in [5.74, 6) is 0.929. The molecule has 9 heavy (non-hydrogen) atoms. The van der Waals surface area contributed by atoms with Gasteiger partial charge in [0.25, 0.3) is 0 Å². The van der Waals surface area contributed by atoms with E-state index in [1.165, 1.54) is 7.11 Å². The molecule has 0 aliphatic heterocycles. The Morgan fingerprint density at radius 2 is 2.33 bits per heavy atom. The van der Waals surface area contributed by atoms with Gasteiger partial charge in [-0.3, -0.25) is 4.79 Å². The summed E-state index contributed by atoms with van der Waals surface area (Å²) in [6.07, 6.45) is 3.50. The first-order valence-electron chi connectivity index (χ1n) is 2.87. The number of thioether (sulfide) groups is 1. The first kappa shape index (κ1) is 8.82. The van der Waals surface area contributed by atoms with Gasteiger partial charge in [-0.25, -0.2) is 0 Å². The molecule has 0 unspecified atom stereocenters. The highest BCUT2D eigenvalue weighted by Gasteiger charge is 1.96. The maximum atomic E-state index is 10.5. The molecular formula is C6H12O2S. The highest BCUT2D eigenvalue weighted by atomic mass is 32.2. The SMILES string of the molecule is COC(=O)CCCSC. The first-order valence-corrected chi connectivity index (χ1v) is 4.26. The van der Waals surface area contributed by atoms with Crippen LogP contribution < -0.4 is 0 Å². The van der Waals surface area contributed by atoms with E-state index in [9.17, 15) is 4.79 Å². The third-order valence-corrected chi connectivity index (χ3v) is 1.65. The van der Waals surface area contributed by atoms with Crippen LogP contribution in [0.3, 0.4) is 0 Å². The van der Waals surface area contributed by atoms with Crippen molar-refractivity contribution >= 4 is 17.7 Å². The monoisotopic (exact) mass is 148 g/mol. The van der Waals surface area contributed by atoms with E-state index in [4.69, 9.17) is 0 Å². The molecule has 0 saturated heterocycles. The number of carbonyl (C=O) groups excluding carboxylic acids is 1. The van der Waals surface area contributed by atoms with Crippen molar-refractivity contribution in [1.82, 2.24) is 0 Å². The smallest absolute Gasteiger partial charge is 0.305 e. The molecule has 0 aliphatic carbocycles. The third-order valence-electron chi connectivity index (χ3n) is 0.957. The highest BCUT2D eigenvalue weighted by Crippen LogP contribution is 1.99. The van der Waals surface area contributed by atoms with Gasteiger partial charge in [0.1, 0.15) is 0 Å². The fraction of sp³-hybridized carbons (Fsp3) is 0.833. The number of ether oxygens (including phenoxy) is 1. The van der Waals surface area contributed by atoms with Gasteiger partial charge >= 0.3 is 5.97 Å². The molecule has 0 aromatic rings. The summed E-state index contributed by atoms with van der Waals surface area (Å²) in [4.78, 5) is 10.5. The highest BCUT2D eigenvalue weighted by molar-refractivity contribution is 7.98. The van der Waals surface area contributed by atoms with E-state index in [0.29, 0.717) is 6.42 Å². The van der Waals surface area contributed by atoms with Crippen LogP contribution in [0.1, 0.15) is 12.8 Å². The molecule has 0 bridgehead atoms. The van der Waals surface area contributed by atoms with Crippen LogP contribution in [-0.2, 0) is 9.53 Å². The molecule has 0 radical (unpaired) electrons. The van der Waals surface area contributed by atoms with Gasteiger partial charge in [0.15, 0.2) is 0 Å². The molecule has 2 nitrogen and oxygen atoms in total. The second kappa shape index (κ2) is 5.95. The molecule has 0 spiro atoms. The Labute approximate surface area is 60.0 Å². The zero-order chi connectivity index (χ0) is 7.11. The van der Waals surface area contributed by atoms with Crippen molar-refractivity contribution in [3.05, 3.63) is 0 Å². The second-order valence-corrected chi connectivity index (χ2v) is 2.66. The van der Waals surface area contributed by atoms with E-state index >= 15 is 0 Å². The van der Waals surface area contributed by atoms with Gasteiger partial charge in [-0.05, 0) is 18.4 Å². The van der Waals surface area contributed by atoms with E-state index in [0.717, 1.165) is 12.2 Å². The van der Waals surface area contributed by atoms with Crippen LogP contribution in [0.15, 0.2) is 0 Å². The molecule has 0 N–H and O–H groups in total. The minimum Gasteiger partial charge on any atom is -0.469 e. The van der Waals surface area contributed by atoms with Crippen LogP contribution in [0.2, 0.25) is 0 Å². The summed E-state index contributed by atoms with van der Waals surface area (Å²) < 4.78 is 4.45. The minimum absolute atomic E-state index is 0.107. The van der Waals surface area contributed by atoms with Gasteiger partial charge in [-0.1, -0.05) is 0 Å². The quantitative estimate of drug-likeness (QED) is 0.444. The van der Waals surface area contributed by atoms with Gasteiger partial charge < -0.3 is 4.74 Å². The standard InChI is InChI=1S/C6H12O2S/c1-8-6(7)4-3-5-9-2/h3-5H2,1-2H3. The Kier molecular flexibility index (Phi) is 5.83. The second-order valence-electron chi connectivity index (χ2n) is 1.67. The molecule has 0 amide bonds. The minimum atomic E-state index is -0.107. The van der Waals surface area contributed by atoms with Crippen LogP contribution >= 0.6 is 11.8 Å². The number of hydrogen-bond acceptors (Lipinski definition) is 3. The summed E-state index contributed by atoms with van der Waals surface area (Å²) in [5, 5.41) is 0. The van der Waals surface area contributed by atoms with Gasteiger partial charge in [-0.2, -0.15) is 11.8 Å². The Hall–Kier alpha value is -0.180. The van der Waals surface area contributed by atoms with E-state index in [-0.39, 0.29) is 5.97 Å². The van der Waals surface area contributed by atoms with E-state index < -0.39 is 0 Å². The average molecular weight is 148 g/mol. The molecule has 0 aromatic heterocycles. The van der Waals surface area contributed by atoms with Gasteiger partial charge in [0.05, 0.1) is 7.11 Å². The molecule has 54 valence electrons. The van der Waals surface area contributed by atoms with Crippen LogP contribution in [0.25, 0.3) is 0 Å². The van der Waals surface area contributed by atoms with Crippen molar-refractivity contribution in [2.24, 2.45) is 0 Å². The lowest BCUT2D eigenvalue weighted by Crippen LogP contribution is -1.99. The van der Waals surface area contributed by atoms with Crippen LogP contribution in [0, 0.1) is 0 Å². The fourth-order valence-electron chi connectivity index (χ4n) is 0.463. The molecule has 0 fully saturated rings. The topological polar surface area (TPSA) is 26.3 Å². The lowest BCUT2D eigenvalue weighted by molar-refractivity contribution is -0.140.